The molecule has 0 aliphatic heterocycles. The van der Waals surface area contributed by atoms with Gasteiger partial charge in [-0.05, 0) is 68.4 Å². The number of benzene rings is 5. The monoisotopic (exact) mass is 664 g/mol. The molecule has 0 aromatic heterocycles. The molecule has 0 radical (unpaired) electrons. The number of hydrogen-bond donors (Lipinski definition) is 0. The molecular formula is C31H18F6O6S2. The minimum Gasteiger partial charge on any atom is -0.376 e. The quantitative estimate of drug-likeness (QED) is 0.103. The van der Waals surface area contributed by atoms with Crippen LogP contribution < -0.4 is 8.37 Å². The summed E-state index contributed by atoms with van der Waals surface area (Å²) in [6.07, 6.45) is 0. The molecule has 0 atom stereocenters. The summed E-state index contributed by atoms with van der Waals surface area (Å²) < 4.78 is 135. The zero-order valence-corrected chi connectivity index (χ0v) is 24.1. The van der Waals surface area contributed by atoms with Crippen LogP contribution in [0.5, 0.6) is 11.5 Å². The lowest BCUT2D eigenvalue weighted by Gasteiger charge is -2.34. The van der Waals surface area contributed by atoms with Crippen LogP contribution in [0.1, 0.15) is 22.3 Å². The first-order valence-electron chi connectivity index (χ1n) is 12.9. The van der Waals surface area contributed by atoms with E-state index in [9.17, 15) is 43.2 Å². The van der Waals surface area contributed by atoms with Gasteiger partial charge in [0.15, 0.2) is 0 Å². The van der Waals surface area contributed by atoms with E-state index in [-0.39, 0.29) is 0 Å². The Morgan fingerprint density at radius 3 is 1.51 bits per heavy atom. The Bertz CT molecular complexity index is 2120. The van der Waals surface area contributed by atoms with E-state index in [0.717, 1.165) is 18.2 Å². The van der Waals surface area contributed by atoms with Crippen LogP contribution >= 0.6 is 0 Å². The van der Waals surface area contributed by atoms with Crippen molar-refractivity contribution in [1.29, 1.82) is 0 Å². The van der Waals surface area contributed by atoms with E-state index in [0.29, 0.717) is 44.2 Å². The SMILES string of the molecule is O=S(=O)(Oc1ccc2c(c1)C(c1ccccc1)(c1ccccc1)c1c-2ccc2cc(OS(=O)(=O)C(F)(F)F)ccc12)C(F)(F)F. The number of rotatable bonds is 6. The molecule has 1 aliphatic carbocycles. The smallest absolute Gasteiger partial charge is 0.376 e. The maximum absolute atomic E-state index is 13.2. The Kier molecular flexibility index (Phi) is 6.93. The van der Waals surface area contributed by atoms with Crippen LogP contribution in [0.2, 0.25) is 0 Å². The molecule has 0 saturated carbocycles. The molecule has 0 saturated heterocycles. The van der Waals surface area contributed by atoms with Crippen LogP contribution in [-0.2, 0) is 25.7 Å². The average Bonchev–Trinajstić information content (AvgIpc) is 3.27. The molecule has 45 heavy (non-hydrogen) atoms. The summed E-state index contributed by atoms with van der Waals surface area (Å²) in [6.45, 7) is 0. The average molecular weight is 665 g/mol. The highest BCUT2D eigenvalue weighted by Gasteiger charge is 2.51. The Morgan fingerprint density at radius 1 is 0.533 bits per heavy atom. The molecule has 0 bridgehead atoms. The molecule has 5 aromatic carbocycles. The number of halogens is 6. The van der Waals surface area contributed by atoms with E-state index >= 15 is 0 Å². The Balaban J connectivity index is 1.66. The van der Waals surface area contributed by atoms with Gasteiger partial charge in [-0.15, -0.1) is 0 Å². The van der Waals surface area contributed by atoms with Crippen molar-refractivity contribution in [3.05, 3.63) is 131 Å². The van der Waals surface area contributed by atoms with Gasteiger partial charge in [0.05, 0.1) is 5.41 Å². The third-order valence-electron chi connectivity index (χ3n) is 7.44. The van der Waals surface area contributed by atoms with Gasteiger partial charge in [-0.3, -0.25) is 0 Å². The van der Waals surface area contributed by atoms with Crippen molar-refractivity contribution >= 4 is 31.0 Å². The van der Waals surface area contributed by atoms with Crippen LogP contribution in [0.15, 0.2) is 109 Å². The second-order valence-electron chi connectivity index (χ2n) is 10.0. The summed E-state index contributed by atoms with van der Waals surface area (Å²) in [6, 6.07) is 28.1. The number of fused-ring (bicyclic) bond motifs is 5. The van der Waals surface area contributed by atoms with Gasteiger partial charge >= 0.3 is 31.3 Å². The third-order valence-corrected chi connectivity index (χ3v) is 9.40. The highest BCUT2D eigenvalue weighted by atomic mass is 32.2. The predicted molar refractivity (Wildman–Crippen MR) is 152 cm³/mol. The van der Waals surface area contributed by atoms with Gasteiger partial charge in [-0.25, -0.2) is 0 Å². The van der Waals surface area contributed by atoms with E-state index in [1.165, 1.54) is 24.3 Å². The maximum atomic E-state index is 13.2. The Hall–Kier alpha value is -4.56. The third kappa shape index (κ3) is 4.88. The second-order valence-corrected chi connectivity index (χ2v) is 13.1. The summed E-state index contributed by atoms with van der Waals surface area (Å²) in [5.41, 5.74) is -9.35. The molecule has 14 heteroatoms. The first kappa shape index (κ1) is 30.5. The van der Waals surface area contributed by atoms with Gasteiger partial charge in [0.25, 0.3) is 0 Å². The number of hydrogen-bond acceptors (Lipinski definition) is 6. The summed E-state index contributed by atoms with van der Waals surface area (Å²) >= 11 is 0. The molecule has 0 fully saturated rings. The van der Waals surface area contributed by atoms with Gasteiger partial charge in [-0.2, -0.15) is 43.2 Å². The van der Waals surface area contributed by atoms with Crippen LogP contribution in [0.25, 0.3) is 21.9 Å². The lowest BCUT2D eigenvalue weighted by atomic mass is 9.66. The fraction of sp³-hybridized carbons (Fsp3) is 0.0968. The summed E-state index contributed by atoms with van der Waals surface area (Å²) in [5.74, 6) is -1.18. The predicted octanol–water partition coefficient (Wildman–Crippen LogP) is 7.66. The Morgan fingerprint density at radius 2 is 1.00 bits per heavy atom. The number of alkyl halides is 6. The molecule has 6 nitrogen and oxygen atoms in total. The molecule has 0 unspecified atom stereocenters. The van der Waals surface area contributed by atoms with Gasteiger partial charge in [0, 0.05) is 0 Å². The van der Waals surface area contributed by atoms with Crippen molar-refractivity contribution in [2.45, 2.75) is 16.4 Å². The van der Waals surface area contributed by atoms with Gasteiger partial charge in [0.1, 0.15) is 11.5 Å². The van der Waals surface area contributed by atoms with E-state index in [4.69, 9.17) is 0 Å². The van der Waals surface area contributed by atoms with Gasteiger partial charge in [0.2, 0.25) is 0 Å². The van der Waals surface area contributed by atoms with E-state index in [2.05, 4.69) is 8.37 Å². The second kappa shape index (κ2) is 10.2. The normalized spacial score (nSPS) is 14.5. The lowest BCUT2D eigenvalue weighted by Crippen LogP contribution is -2.30. The van der Waals surface area contributed by atoms with E-state index in [1.807, 2.05) is 0 Å². The fourth-order valence-electron chi connectivity index (χ4n) is 5.73. The minimum absolute atomic E-state index is 0.295. The van der Waals surface area contributed by atoms with Crippen molar-refractivity contribution in [3.63, 3.8) is 0 Å². The summed E-state index contributed by atoms with van der Waals surface area (Å²) in [4.78, 5) is 0. The maximum Gasteiger partial charge on any atom is 0.534 e. The van der Waals surface area contributed by atoms with Crippen LogP contribution in [0.3, 0.4) is 0 Å². The first-order valence-corrected chi connectivity index (χ1v) is 15.7. The van der Waals surface area contributed by atoms with Gasteiger partial charge < -0.3 is 8.37 Å². The largest absolute Gasteiger partial charge is 0.534 e. The van der Waals surface area contributed by atoms with Crippen LogP contribution in [0, 0.1) is 0 Å². The van der Waals surface area contributed by atoms with Crippen molar-refractivity contribution < 1.29 is 51.5 Å². The molecular weight excluding hydrogens is 646 g/mol. The van der Waals surface area contributed by atoms with E-state index in [1.54, 1.807) is 66.7 Å². The molecule has 6 rings (SSSR count). The molecule has 5 aromatic rings. The Labute approximate surface area is 252 Å². The highest BCUT2D eigenvalue weighted by Crippen LogP contribution is 2.59. The summed E-state index contributed by atoms with van der Waals surface area (Å²) in [7, 11) is -12.0. The molecule has 1 aliphatic rings. The molecule has 232 valence electrons. The van der Waals surface area contributed by atoms with Crippen molar-refractivity contribution in [3.8, 4) is 22.6 Å². The first-order chi connectivity index (χ1) is 21.1. The zero-order chi connectivity index (χ0) is 32.4. The van der Waals surface area contributed by atoms with Crippen LogP contribution in [0.4, 0.5) is 26.3 Å². The lowest BCUT2D eigenvalue weighted by molar-refractivity contribution is -0.0504. The standard InChI is InChI=1S/C31H18F6O6S2/c32-30(33,34)44(38,39)42-22-12-15-24-19(17-22)11-14-26-25-16-13-23(43-45(40,41)31(35,36)37)18-27(25)29(28(24)26,20-7-3-1-4-8-20)21-9-5-2-6-10-21/h1-18H. The fourth-order valence-corrected chi connectivity index (χ4v) is 6.64. The highest BCUT2D eigenvalue weighted by molar-refractivity contribution is 7.88. The molecule has 0 heterocycles. The molecule has 0 spiro atoms. The van der Waals surface area contributed by atoms with Crippen LogP contribution in [-0.4, -0.2) is 27.9 Å². The molecule has 0 amide bonds. The minimum atomic E-state index is -6.01. The van der Waals surface area contributed by atoms with Crippen molar-refractivity contribution in [1.82, 2.24) is 0 Å². The van der Waals surface area contributed by atoms with E-state index < -0.39 is 48.2 Å². The summed E-state index contributed by atoms with van der Waals surface area (Å²) in [5, 5.41) is 0.752. The van der Waals surface area contributed by atoms with Gasteiger partial charge in [-0.1, -0.05) is 84.9 Å². The zero-order valence-electron chi connectivity index (χ0n) is 22.4. The van der Waals surface area contributed by atoms with Crippen molar-refractivity contribution in [2.75, 3.05) is 0 Å². The molecule has 0 N–H and O–H groups in total. The van der Waals surface area contributed by atoms with Crippen molar-refractivity contribution in [2.24, 2.45) is 0 Å². The topological polar surface area (TPSA) is 86.7 Å².